The second-order valence-electron chi connectivity index (χ2n) is 6.34. The van der Waals surface area contributed by atoms with Crippen LogP contribution in [0.5, 0.6) is 0 Å². The second-order valence-corrected chi connectivity index (χ2v) is 6.34. The number of non-ortho nitro benzene ring substituents is 2. The number of nitrogens with zero attached hydrogens (tertiary/aromatic N) is 4. The molecule has 0 aliphatic heterocycles. The molecule has 160 valence electrons. The van der Waals surface area contributed by atoms with E-state index < -0.39 is 38.9 Å². The van der Waals surface area contributed by atoms with Crippen LogP contribution in [-0.2, 0) is 6.18 Å². The Labute approximate surface area is 171 Å². The number of carbonyl (C=O) groups is 1. The minimum absolute atomic E-state index is 0.00301. The van der Waals surface area contributed by atoms with Crippen LogP contribution in [0.1, 0.15) is 21.6 Å². The molecule has 1 heterocycles. The first kappa shape index (κ1) is 21.4. The molecule has 1 aromatic heterocycles. The first-order valence-corrected chi connectivity index (χ1v) is 8.45. The number of aromatic nitrogens is 2. The van der Waals surface area contributed by atoms with Gasteiger partial charge in [-0.25, -0.2) is 4.68 Å². The number of aryl methyl sites for hydroxylation is 1. The number of halogens is 3. The summed E-state index contributed by atoms with van der Waals surface area (Å²) in [5, 5.41) is 28.5. The van der Waals surface area contributed by atoms with Crippen molar-refractivity contribution in [3.8, 4) is 5.69 Å². The largest absolute Gasteiger partial charge is 0.416 e. The molecule has 31 heavy (non-hydrogen) atoms. The highest BCUT2D eigenvalue weighted by atomic mass is 19.4. The van der Waals surface area contributed by atoms with Crippen LogP contribution in [0.3, 0.4) is 0 Å². The van der Waals surface area contributed by atoms with Crippen molar-refractivity contribution in [3.63, 3.8) is 0 Å². The van der Waals surface area contributed by atoms with Crippen molar-refractivity contribution < 1.29 is 27.8 Å². The Morgan fingerprint density at radius 2 is 1.65 bits per heavy atom. The van der Waals surface area contributed by atoms with E-state index in [1.54, 1.807) is 0 Å². The molecular formula is C18H12F3N5O5. The van der Waals surface area contributed by atoms with E-state index in [-0.39, 0.29) is 17.1 Å². The molecule has 0 unspecified atom stereocenters. The first-order chi connectivity index (χ1) is 14.5. The van der Waals surface area contributed by atoms with Gasteiger partial charge in [0.1, 0.15) is 5.82 Å². The highest BCUT2D eigenvalue weighted by Gasteiger charge is 2.31. The van der Waals surface area contributed by atoms with E-state index in [0.717, 1.165) is 28.9 Å². The number of benzene rings is 2. The van der Waals surface area contributed by atoms with Crippen LogP contribution in [0.15, 0.2) is 48.5 Å². The molecule has 0 bridgehead atoms. The van der Waals surface area contributed by atoms with Gasteiger partial charge in [-0.1, -0.05) is 6.07 Å². The molecule has 0 aliphatic rings. The van der Waals surface area contributed by atoms with Gasteiger partial charge in [-0.2, -0.15) is 18.3 Å². The SMILES string of the molecule is Cc1cc(NC(=O)c2cc([N+](=O)[O-])cc([N+](=O)[O-])c2)n(-c2cccc(C(F)(F)F)c2)n1. The third-order valence-electron chi connectivity index (χ3n) is 4.08. The highest BCUT2D eigenvalue weighted by molar-refractivity contribution is 6.04. The van der Waals surface area contributed by atoms with E-state index in [2.05, 4.69) is 10.4 Å². The van der Waals surface area contributed by atoms with Crippen LogP contribution in [0.2, 0.25) is 0 Å². The van der Waals surface area contributed by atoms with Crippen molar-refractivity contribution >= 4 is 23.1 Å². The molecular weight excluding hydrogens is 423 g/mol. The standard InChI is InChI=1S/C18H12F3N5O5/c1-10-5-16(24(23-10)13-4-2-3-12(8-13)18(19,20)21)22-17(27)11-6-14(25(28)29)9-15(7-11)26(30)31/h2-9H,1H3,(H,22,27). The minimum Gasteiger partial charge on any atom is -0.306 e. The van der Waals surface area contributed by atoms with Gasteiger partial charge >= 0.3 is 6.18 Å². The van der Waals surface area contributed by atoms with E-state index >= 15 is 0 Å². The molecule has 0 saturated heterocycles. The van der Waals surface area contributed by atoms with Gasteiger partial charge in [0.15, 0.2) is 0 Å². The molecule has 3 aromatic rings. The quantitative estimate of drug-likeness (QED) is 0.470. The zero-order chi connectivity index (χ0) is 22.9. The summed E-state index contributed by atoms with van der Waals surface area (Å²) >= 11 is 0. The summed E-state index contributed by atoms with van der Waals surface area (Å²) in [6.45, 7) is 1.54. The second kappa shape index (κ2) is 7.85. The van der Waals surface area contributed by atoms with E-state index in [9.17, 15) is 38.2 Å². The van der Waals surface area contributed by atoms with Crippen LogP contribution >= 0.6 is 0 Å². The molecule has 0 saturated carbocycles. The lowest BCUT2D eigenvalue weighted by Crippen LogP contribution is -2.16. The van der Waals surface area contributed by atoms with Crippen LogP contribution in [0.4, 0.5) is 30.4 Å². The number of rotatable bonds is 5. The molecule has 10 nitrogen and oxygen atoms in total. The molecule has 0 aliphatic carbocycles. The monoisotopic (exact) mass is 435 g/mol. The number of nitro groups is 2. The normalized spacial score (nSPS) is 11.2. The molecule has 13 heteroatoms. The maximum absolute atomic E-state index is 13.0. The number of carbonyl (C=O) groups excluding carboxylic acids is 1. The van der Waals surface area contributed by atoms with E-state index in [1.807, 2.05) is 0 Å². The summed E-state index contributed by atoms with van der Waals surface area (Å²) in [7, 11) is 0. The number of hydrogen-bond acceptors (Lipinski definition) is 6. The average molecular weight is 435 g/mol. The zero-order valence-corrected chi connectivity index (χ0v) is 15.6. The minimum atomic E-state index is -4.59. The van der Waals surface area contributed by atoms with Gasteiger partial charge in [-0.15, -0.1) is 0 Å². The van der Waals surface area contributed by atoms with Crippen molar-refractivity contribution in [2.24, 2.45) is 0 Å². The summed E-state index contributed by atoms with van der Waals surface area (Å²) in [6, 6.07) is 7.99. The number of nitrogens with one attached hydrogen (secondary N) is 1. The summed E-state index contributed by atoms with van der Waals surface area (Å²) < 4.78 is 40.1. The van der Waals surface area contributed by atoms with Crippen molar-refractivity contribution in [2.45, 2.75) is 13.1 Å². The Balaban J connectivity index is 2.00. The number of alkyl halides is 3. The lowest BCUT2D eigenvalue weighted by Gasteiger charge is -2.12. The predicted octanol–water partition coefficient (Wildman–Crippen LogP) is 4.27. The number of hydrogen-bond donors (Lipinski definition) is 1. The van der Waals surface area contributed by atoms with Gasteiger partial charge < -0.3 is 5.32 Å². The van der Waals surface area contributed by atoms with Gasteiger partial charge in [0.05, 0.1) is 38.4 Å². The van der Waals surface area contributed by atoms with Gasteiger partial charge in [-0.05, 0) is 25.1 Å². The number of anilines is 1. The first-order valence-electron chi connectivity index (χ1n) is 8.45. The van der Waals surface area contributed by atoms with Crippen molar-refractivity contribution in [3.05, 3.63) is 85.6 Å². The van der Waals surface area contributed by atoms with E-state index in [0.29, 0.717) is 11.8 Å². The van der Waals surface area contributed by atoms with Crippen LogP contribution in [0.25, 0.3) is 5.69 Å². The third kappa shape index (κ3) is 4.66. The Kier molecular flexibility index (Phi) is 5.43. The molecule has 0 radical (unpaired) electrons. The molecule has 0 spiro atoms. The molecule has 0 fully saturated rings. The Morgan fingerprint density at radius 1 is 1.03 bits per heavy atom. The van der Waals surface area contributed by atoms with Gasteiger partial charge in [0.25, 0.3) is 17.3 Å². The van der Waals surface area contributed by atoms with Crippen molar-refractivity contribution in [2.75, 3.05) is 5.32 Å². The van der Waals surface area contributed by atoms with Crippen LogP contribution < -0.4 is 5.32 Å². The van der Waals surface area contributed by atoms with Gasteiger partial charge in [0, 0.05) is 18.2 Å². The lowest BCUT2D eigenvalue weighted by molar-refractivity contribution is -0.394. The Hall–Kier alpha value is -4.29. The molecule has 2 aromatic carbocycles. The predicted molar refractivity (Wildman–Crippen MR) is 101 cm³/mol. The maximum atomic E-state index is 13.0. The smallest absolute Gasteiger partial charge is 0.306 e. The summed E-state index contributed by atoms with van der Waals surface area (Å²) in [6.07, 6.45) is -4.59. The zero-order valence-electron chi connectivity index (χ0n) is 15.6. The molecule has 1 N–H and O–H groups in total. The van der Waals surface area contributed by atoms with Crippen molar-refractivity contribution in [1.82, 2.24) is 9.78 Å². The Morgan fingerprint density at radius 3 is 2.19 bits per heavy atom. The average Bonchev–Trinajstić information content (AvgIpc) is 3.07. The van der Waals surface area contributed by atoms with Gasteiger partial charge in [0.2, 0.25) is 0 Å². The fraction of sp³-hybridized carbons (Fsp3) is 0.111. The molecule has 1 amide bonds. The maximum Gasteiger partial charge on any atom is 0.416 e. The fourth-order valence-corrected chi connectivity index (χ4v) is 2.72. The summed E-state index contributed by atoms with van der Waals surface area (Å²) in [5.74, 6) is -0.976. The topological polar surface area (TPSA) is 133 Å². The van der Waals surface area contributed by atoms with E-state index in [4.69, 9.17) is 0 Å². The Bertz CT molecular complexity index is 1170. The summed E-state index contributed by atoms with van der Waals surface area (Å²) in [5.41, 5.74) is -2.27. The number of amides is 1. The lowest BCUT2D eigenvalue weighted by atomic mass is 10.1. The molecule has 0 atom stereocenters. The van der Waals surface area contributed by atoms with Gasteiger partial charge in [-0.3, -0.25) is 25.0 Å². The molecule has 3 rings (SSSR count). The number of nitro benzene ring substituents is 2. The summed E-state index contributed by atoms with van der Waals surface area (Å²) in [4.78, 5) is 32.8. The van der Waals surface area contributed by atoms with Crippen LogP contribution in [-0.4, -0.2) is 25.5 Å². The van der Waals surface area contributed by atoms with Crippen LogP contribution in [0, 0.1) is 27.2 Å². The van der Waals surface area contributed by atoms with E-state index in [1.165, 1.54) is 25.1 Å². The fourth-order valence-electron chi connectivity index (χ4n) is 2.72. The highest BCUT2D eigenvalue weighted by Crippen LogP contribution is 2.31. The van der Waals surface area contributed by atoms with Crippen molar-refractivity contribution in [1.29, 1.82) is 0 Å². The third-order valence-corrected chi connectivity index (χ3v) is 4.08.